The first kappa shape index (κ1) is 11.1. The van der Waals surface area contributed by atoms with Crippen LogP contribution in [0.25, 0.3) is 0 Å². The molecule has 0 amide bonds. The zero-order valence-electron chi connectivity index (χ0n) is 7.12. The van der Waals surface area contributed by atoms with Crippen molar-refractivity contribution in [2.75, 3.05) is 5.75 Å². The first-order valence-electron chi connectivity index (χ1n) is 3.85. The Morgan fingerprint density at radius 2 is 2.09 bits per heavy atom. The first-order valence-corrected chi connectivity index (χ1v) is 5.13. The van der Waals surface area contributed by atoms with Crippen LogP contribution in [0.15, 0.2) is 0 Å². The van der Waals surface area contributed by atoms with Gasteiger partial charge in [0.05, 0.1) is 5.75 Å². The summed E-state index contributed by atoms with van der Waals surface area (Å²) in [5, 5.41) is 0. The van der Waals surface area contributed by atoms with Gasteiger partial charge in [-0.1, -0.05) is 13.8 Å². The summed E-state index contributed by atoms with van der Waals surface area (Å²) >= 11 is -1.68. The Morgan fingerprint density at radius 3 is 2.45 bits per heavy atom. The van der Waals surface area contributed by atoms with E-state index in [9.17, 15) is 4.21 Å². The zero-order valence-corrected chi connectivity index (χ0v) is 7.93. The molecule has 0 radical (unpaired) electrons. The highest BCUT2D eigenvalue weighted by Gasteiger charge is 2.06. The van der Waals surface area contributed by atoms with Crippen molar-refractivity contribution in [2.24, 2.45) is 11.7 Å². The van der Waals surface area contributed by atoms with Crippen LogP contribution in [0.1, 0.15) is 26.7 Å². The normalized spacial score (nSPS) is 16.8. The second-order valence-corrected chi connectivity index (χ2v) is 4.26. The molecule has 0 spiro atoms. The van der Waals surface area contributed by atoms with Crippen LogP contribution in [-0.4, -0.2) is 20.6 Å². The SMILES string of the molecule is CC(C)CC(N)CCS(=O)O. The predicted molar refractivity (Wildman–Crippen MR) is 47.7 cm³/mol. The summed E-state index contributed by atoms with van der Waals surface area (Å²) < 4.78 is 18.7. The minimum Gasteiger partial charge on any atom is -0.328 e. The molecule has 0 aromatic heterocycles. The lowest BCUT2D eigenvalue weighted by atomic mass is 10.0. The average Bonchev–Trinajstić information content (AvgIpc) is 1.82. The van der Waals surface area contributed by atoms with Crippen molar-refractivity contribution in [3.8, 4) is 0 Å². The molecule has 0 aliphatic carbocycles. The van der Waals surface area contributed by atoms with Gasteiger partial charge in [0, 0.05) is 6.04 Å². The molecule has 2 unspecified atom stereocenters. The van der Waals surface area contributed by atoms with E-state index >= 15 is 0 Å². The van der Waals surface area contributed by atoms with Crippen molar-refractivity contribution in [3.63, 3.8) is 0 Å². The van der Waals surface area contributed by atoms with Gasteiger partial charge in [-0.3, -0.25) is 0 Å². The van der Waals surface area contributed by atoms with Crippen molar-refractivity contribution in [2.45, 2.75) is 32.7 Å². The molecular formula is C7H17NO2S. The summed E-state index contributed by atoms with van der Waals surface area (Å²) in [6.07, 6.45) is 1.57. The maximum absolute atomic E-state index is 10.2. The van der Waals surface area contributed by atoms with Crippen molar-refractivity contribution in [3.05, 3.63) is 0 Å². The molecule has 3 nitrogen and oxygen atoms in total. The highest BCUT2D eigenvalue weighted by molar-refractivity contribution is 7.79. The molecule has 0 saturated carbocycles. The third kappa shape index (κ3) is 7.97. The van der Waals surface area contributed by atoms with E-state index in [2.05, 4.69) is 13.8 Å². The van der Waals surface area contributed by atoms with Gasteiger partial charge in [-0.05, 0) is 18.8 Å². The average molecular weight is 179 g/mol. The van der Waals surface area contributed by atoms with Crippen LogP contribution >= 0.6 is 0 Å². The highest BCUT2D eigenvalue weighted by atomic mass is 32.2. The van der Waals surface area contributed by atoms with Gasteiger partial charge in [0.1, 0.15) is 0 Å². The molecule has 3 N–H and O–H groups in total. The smallest absolute Gasteiger partial charge is 0.152 e. The zero-order chi connectivity index (χ0) is 8.85. The molecule has 11 heavy (non-hydrogen) atoms. The standard InChI is InChI=1S/C7H17NO2S/c1-6(2)5-7(8)3-4-11(9)10/h6-7H,3-5,8H2,1-2H3,(H,9,10). The minimum atomic E-state index is -1.68. The molecule has 0 aliphatic heterocycles. The maximum Gasteiger partial charge on any atom is 0.152 e. The Morgan fingerprint density at radius 1 is 1.55 bits per heavy atom. The summed E-state index contributed by atoms with van der Waals surface area (Å²) in [6, 6.07) is 0.0751. The molecule has 68 valence electrons. The van der Waals surface area contributed by atoms with E-state index in [0.29, 0.717) is 18.1 Å². The lowest BCUT2D eigenvalue weighted by Gasteiger charge is -2.12. The van der Waals surface area contributed by atoms with E-state index in [4.69, 9.17) is 10.3 Å². The Kier molecular flexibility index (Phi) is 5.72. The summed E-state index contributed by atoms with van der Waals surface area (Å²) in [4.78, 5) is 0. The predicted octanol–water partition coefficient (Wildman–Crippen LogP) is 0.972. The van der Waals surface area contributed by atoms with E-state index in [1.165, 1.54) is 0 Å². The maximum atomic E-state index is 10.2. The Hall–Kier alpha value is 0.0700. The molecule has 0 bridgehead atoms. The number of rotatable bonds is 5. The molecule has 0 aromatic carbocycles. The third-order valence-corrected chi connectivity index (χ3v) is 2.02. The molecule has 0 rings (SSSR count). The molecule has 0 aromatic rings. The van der Waals surface area contributed by atoms with E-state index in [1.807, 2.05) is 0 Å². The quantitative estimate of drug-likeness (QED) is 0.618. The number of hydrogen-bond donors (Lipinski definition) is 2. The van der Waals surface area contributed by atoms with Crippen LogP contribution in [0.4, 0.5) is 0 Å². The van der Waals surface area contributed by atoms with Crippen molar-refractivity contribution in [1.82, 2.24) is 0 Å². The van der Waals surface area contributed by atoms with Gasteiger partial charge in [0.25, 0.3) is 0 Å². The number of hydrogen-bond acceptors (Lipinski definition) is 2. The van der Waals surface area contributed by atoms with E-state index in [0.717, 1.165) is 6.42 Å². The highest BCUT2D eigenvalue weighted by Crippen LogP contribution is 2.05. The molecular weight excluding hydrogens is 162 g/mol. The van der Waals surface area contributed by atoms with Gasteiger partial charge in [-0.2, -0.15) is 0 Å². The fraction of sp³-hybridized carbons (Fsp3) is 1.00. The second-order valence-electron chi connectivity index (χ2n) is 3.20. The van der Waals surface area contributed by atoms with Gasteiger partial charge >= 0.3 is 0 Å². The van der Waals surface area contributed by atoms with Crippen molar-refractivity contribution in [1.29, 1.82) is 0 Å². The summed E-state index contributed by atoms with van der Waals surface area (Å²) in [5.41, 5.74) is 5.68. The Balaban J connectivity index is 3.37. The van der Waals surface area contributed by atoms with Crippen molar-refractivity contribution < 1.29 is 8.76 Å². The monoisotopic (exact) mass is 179 g/mol. The second kappa shape index (κ2) is 5.69. The van der Waals surface area contributed by atoms with Crippen LogP contribution in [0.5, 0.6) is 0 Å². The Bertz CT molecular complexity index is 128. The van der Waals surface area contributed by atoms with Crippen LogP contribution in [0, 0.1) is 5.92 Å². The topological polar surface area (TPSA) is 63.3 Å². The molecule has 0 heterocycles. The summed E-state index contributed by atoms with van der Waals surface area (Å²) in [6.45, 7) is 4.19. The van der Waals surface area contributed by atoms with Gasteiger partial charge in [0.2, 0.25) is 0 Å². The molecule has 2 atom stereocenters. The van der Waals surface area contributed by atoms with Crippen LogP contribution < -0.4 is 5.73 Å². The van der Waals surface area contributed by atoms with Gasteiger partial charge < -0.3 is 10.3 Å². The van der Waals surface area contributed by atoms with E-state index in [1.54, 1.807) is 0 Å². The third-order valence-electron chi connectivity index (χ3n) is 1.44. The minimum absolute atomic E-state index is 0.0751. The summed E-state index contributed by atoms with van der Waals surface area (Å²) in [5.74, 6) is 0.866. The molecule has 0 fully saturated rings. The Labute approximate surface area is 70.6 Å². The molecule has 4 heteroatoms. The van der Waals surface area contributed by atoms with Gasteiger partial charge in [0.15, 0.2) is 11.1 Å². The van der Waals surface area contributed by atoms with Gasteiger partial charge in [-0.15, -0.1) is 0 Å². The fourth-order valence-corrected chi connectivity index (χ4v) is 1.48. The fourth-order valence-electron chi connectivity index (χ4n) is 0.976. The lowest BCUT2D eigenvalue weighted by molar-refractivity contribution is 0.481. The lowest BCUT2D eigenvalue weighted by Crippen LogP contribution is -2.24. The van der Waals surface area contributed by atoms with E-state index < -0.39 is 11.1 Å². The van der Waals surface area contributed by atoms with Crippen LogP contribution in [0.3, 0.4) is 0 Å². The number of nitrogens with two attached hydrogens (primary N) is 1. The largest absolute Gasteiger partial charge is 0.328 e. The van der Waals surface area contributed by atoms with E-state index in [-0.39, 0.29) is 6.04 Å². The van der Waals surface area contributed by atoms with Crippen molar-refractivity contribution >= 4 is 11.1 Å². The van der Waals surface area contributed by atoms with Crippen LogP contribution in [-0.2, 0) is 11.1 Å². The van der Waals surface area contributed by atoms with Gasteiger partial charge in [-0.25, -0.2) is 4.21 Å². The molecule has 0 aliphatic rings. The summed E-state index contributed by atoms with van der Waals surface area (Å²) in [7, 11) is 0. The van der Waals surface area contributed by atoms with Crippen LogP contribution in [0.2, 0.25) is 0 Å². The first-order chi connectivity index (χ1) is 5.02. The molecule has 0 saturated heterocycles.